The molecule has 1 rings (SSSR count). The third kappa shape index (κ3) is 6.95. The van der Waals surface area contributed by atoms with Crippen molar-refractivity contribution < 1.29 is 14.3 Å². The van der Waals surface area contributed by atoms with Crippen LogP contribution in [0.4, 0.5) is 4.79 Å². The molecule has 0 atom stereocenters. The van der Waals surface area contributed by atoms with Gasteiger partial charge in [-0.1, -0.05) is 29.8 Å². The highest BCUT2D eigenvalue weighted by atomic mass is 35.5. The summed E-state index contributed by atoms with van der Waals surface area (Å²) in [5, 5.41) is 3.11. The molecular formula is C16H20ClNO3. The molecule has 0 bridgehead atoms. The lowest BCUT2D eigenvalue weighted by Crippen LogP contribution is -2.32. The zero-order valence-corrected chi connectivity index (χ0v) is 13.2. The number of aldehydes is 1. The minimum atomic E-state index is -0.492. The van der Waals surface area contributed by atoms with E-state index in [4.69, 9.17) is 16.3 Å². The van der Waals surface area contributed by atoms with Gasteiger partial charge in [-0.2, -0.15) is 0 Å². The molecule has 21 heavy (non-hydrogen) atoms. The van der Waals surface area contributed by atoms with Crippen LogP contribution < -0.4 is 5.32 Å². The van der Waals surface area contributed by atoms with Gasteiger partial charge in [0.05, 0.1) is 5.02 Å². The lowest BCUT2D eigenvalue weighted by atomic mass is 10.1. The second kappa shape index (κ2) is 7.84. The van der Waals surface area contributed by atoms with Crippen molar-refractivity contribution >= 4 is 30.1 Å². The quantitative estimate of drug-likeness (QED) is 0.658. The summed E-state index contributed by atoms with van der Waals surface area (Å²) < 4.78 is 5.12. The molecule has 1 N–H and O–H groups in total. The zero-order chi connectivity index (χ0) is 15.9. The second-order valence-corrected chi connectivity index (χ2v) is 5.93. The second-order valence-electron chi connectivity index (χ2n) is 5.52. The predicted molar refractivity (Wildman–Crippen MR) is 84.7 cm³/mol. The van der Waals surface area contributed by atoms with Gasteiger partial charge in [0.25, 0.3) is 0 Å². The number of nitrogens with one attached hydrogen (secondary N) is 1. The van der Waals surface area contributed by atoms with E-state index in [-0.39, 0.29) is 0 Å². The van der Waals surface area contributed by atoms with Crippen molar-refractivity contribution in [3.8, 4) is 0 Å². The molecule has 0 saturated carbocycles. The Hall–Kier alpha value is -1.81. The highest BCUT2D eigenvalue weighted by Gasteiger charge is 2.15. The van der Waals surface area contributed by atoms with Crippen LogP contribution in [0.15, 0.2) is 24.3 Å². The van der Waals surface area contributed by atoms with Gasteiger partial charge in [-0.3, -0.25) is 4.79 Å². The zero-order valence-electron chi connectivity index (χ0n) is 12.5. The summed E-state index contributed by atoms with van der Waals surface area (Å²) in [4.78, 5) is 22.2. The number of carbonyl (C=O) groups is 2. The summed E-state index contributed by atoms with van der Waals surface area (Å²) in [7, 11) is 0. The Morgan fingerprint density at radius 2 is 2.10 bits per heavy atom. The molecule has 0 aliphatic rings. The Bertz CT molecular complexity index is 533. The Morgan fingerprint density at radius 1 is 1.38 bits per heavy atom. The first-order valence-electron chi connectivity index (χ1n) is 6.70. The van der Waals surface area contributed by atoms with Crippen molar-refractivity contribution in [1.29, 1.82) is 0 Å². The molecule has 0 aromatic heterocycles. The molecule has 1 aromatic carbocycles. The molecule has 0 fully saturated rings. The molecule has 0 aliphatic heterocycles. The van der Waals surface area contributed by atoms with Crippen LogP contribution in [0.3, 0.4) is 0 Å². The van der Waals surface area contributed by atoms with Gasteiger partial charge >= 0.3 is 6.09 Å². The minimum absolute atomic E-state index is 0.425. The Labute approximate surface area is 130 Å². The maximum Gasteiger partial charge on any atom is 0.407 e. The number of alkyl carbamates (subject to hydrolysis) is 1. The first-order valence-corrected chi connectivity index (χ1v) is 7.08. The monoisotopic (exact) mass is 309 g/mol. The normalized spacial score (nSPS) is 11.4. The van der Waals surface area contributed by atoms with E-state index in [2.05, 4.69) is 5.32 Å². The van der Waals surface area contributed by atoms with E-state index < -0.39 is 11.7 Å². The predicted octanol–water partition coefficient (Wildman–Crippen LogP) is 4.08. The lowest BCUT2D eigenvalue weighted by molar-refractivity contribution is 0.0528. The molecular weight excluding hydrogens is 290 g/mol. The molecule has 1 amide bonds. The van der Waals surface area contributed by atoms with Crippen LogP contribution in [-0.4, -0.2) is 24.5 Å². The van der Waals surface area contributed by atoms with Crippen molar-refractivity contribution in [3.63, 3.8) is 0 Å². The van der Waals surface area contributed by atoms with Crippen LogP contribution >= 0.6 is 11.6 Å². The Morgan fingerprint density at radius 3 is 2.71 bits per heavy atom. The van der Waals surface area contributed by atoms with E-state index in [0.717, 1.165) is 11.8 Å². The number of rotatable bonds is 5. The molecule has 0 saturated heterocycles. The fraction of sp³-hybridized carbons (Fsp3) is 0.375. The van der Waals surface area contributed by atoms with Crippen LogP contribution in [0.1, 0.15) is 43.1 Å². The van der Waals surface area contributed by atoms with Gasteiger partial charge in [0.2, 0.25) is 0 Å². The Balaban J connectivity index is 2.39. The third-order valence-corrected chi connectivity index (χ3v) is 2.78. The van der Waals surface area contributed by atoms with Crippen LogP contribution in [-0.2, 0) is 4.74 Å². The number of halogens is 1. The van der Waals surface area contributed by atoms with Gasteiger partial charge in [-0.15, -0.1) is 0 Å². The number of amides is 1. The largest absolute Gasteiger partial charge is 0.444 e. The first-order chi connectivity index (χ1) is 9.81. The lowest BCUT2D eigenvalue weighted by Gasteiger charge is -2.19. The van der Waals surface area contributed by atoms with Gasteiger partial charge in [-0.25, -0.2) is 4.79 Å². The molecule has 0 heterocycles. The van der Waals surface area contributed by atoms with Crippen LogP contribution in [0.25, 0.3) is 6.08 Å². The standard InChI is InChI=1S/C16H20ClNO3/c1-16(2,3)21-15(20)18-9-5-4-6-12-7-8-14(17)13(10-12)11-19/h4,6-8,10-11H,5,9H2,1-3H3,(H,18,20). The van der Waals surface area contributed by atoms with E-state index in [1.807, 2.05) is 39.0 Å². The molecule has 5 heteroatoms. The van der Waals surface area contributed by atoms with E-state index in [0.29, 0.717) is 23.6 Å². The minimum Gasteiger partial charge on any atom is -0.444 e. The SMILES string of the molecule is CC(C)(C)OC(=O)NCCC=Cc1ccc(Cl)c(C=O)c1. The summed E-state index contributed by atoms with van der Waals surface area (Å²) in [6, 6.07) is 5.23. The van der Waals surface area contributed by atoms with Gasteiger partial charge in [0.15, 0.2) is 6.29 Å². The van der Waals surface area contributed by atoms with Crippen molar-refractivity contribution in [2.24, 2.45) is 0 Å². The summed E-state index contributed by atoms with van der Waals surface area (Å²) in [5.74, 6) is 0. The van der Waals surface area contributed by atoms with Crippen molar-refractivity contribution in [1.82, 2.24) is 5.32 Å². The third-order valence-electron chi connectivity index (χ3n) is 2.44. The molecule has 0 unspecified atom stereocenters. The van der Waals surface area contributed by atoms with E-state index >= 15 is 0 Å². The van der Waals surface area contributed by atoms with Crippen LogP contribution in [0, 0.1) is 0 Å². The van der Waals surface area contributed by atoms with Gasteiger partial charge < -0.3 is 10.1 Å². The summed E-state index contributed by atoms with van der Waals surface area (Å²) in [6.45, 7) is 5.94. The van der Waals surface area contributed by atoms with Gasteiger partial charge in [0.1, 0.15) is 5.60 Å². The fourth-order valence-electron chi connectivity index (χ4n) is 1.55. The van der Waals surface area contributed by atoms with Crippen molar-refractivity contribution in [2.75, 3.05) is 6.54 Å². The number of benzene rings is 1. The summed E-state index contributed by atoms with van der Waals surface area (Å²) in [5.41, 5.74) is 0.860. The highest BCUT2D eigenvalue weighted by Crippen LogP contribution is 2.16. The molecule has 0 aliphatic carbocycles. The van der Waals surface area contributed by atoms with Crippen molar-refractivity contribution in [2.45, 2.75) is 32.8 Å². The highest BCUT2D eigenvalue weighted by molar-refractivity contribution is 6.33. The van der Waals surface area contributed by atoms with E-state index in [1.165, 1.54) is 0 Å². The fourth-order valence-corrected chi connectivity index (χ4v) is 1.71. The van der Waals surface area contributed by atoms with E-state index in [9.17, 15) is 9.59 Å². The smallest absolute Gasteiger partial charge is 0.407 e. The number of hydrogen-bond acceptors (Lipinski definition) is 3. The van der Waals surface area contributed by atoms with Gasteiger partial charge in [0, 0.05) is 12.1 Å². The molecule has 1 aromatic rings. The summed E-state index contributed by atoms with van der Waals surface area (Å²) >= 11 is 5.85. The number of carbonyl (C=O) groups excluding carboxylic acids is 2. The molecule has 0 spiro atoms. The van der Waals surface area contributed by atoms with Crippen LogP contribution in [0.2, 0.25) is 5.02 Å². The van der Waals surface area contributed by atoms with Gasteiger partial charge in [-0.05, 0) is 44.9 Å². The molecule has 114 valence electrons. The molecule has 4 nitrogen and oxygen atoms in total. The van der Waals surface area contributed by atoms with Crippen LogP contribution in [0.5, 0.6) is 0 Å². The Kier molecular flexibility index (Phi) is 6.43. The maximum absolute atomic E-state index is 11.4. The van der Waals surface area contributed by atoms with E-state index in [1.54, 1.807) is 12.1 Å². The average Bonchev–Trinajstić information content (AvgIpc) is 2.38. The van der Waals surface area contributed by atoms with Crippen molar-refractivity contribution in [3.05, 3.63) is 40.4 Å². The number of hydrogen-bond donors (Lipinski definition) is 1. The summed E-state index contributed by atoms with van der Waals surface area (Å²) in [6.07, 6.45) is 4.75. The first kappa shape index (κ1) is 17.2. The number of ether oxygens (including phenoxy) is 1. The topological polar surface area (TPSA) is 55.4 Å². The maximum atomic E-state index is 11.4. The average molecular weight is 310 g/mol. The molecule has 0 radical (unpaired) electrons.